The van der Waals surface area contributed by atoms with Crippen LogP contribution in [0.5, 0.6) is 0 Å². The van der Waals surface area contributed by atoms with E-state index in [2.05, 4.69) is 32.9 Å². The fraction of sp³-hybridized carbons (Fsp3) is 0.409. The molecule has 0 aliphatic heterocycles. The molecule has 0 heterocycles. The van der Waals surface area contributed by atoms with Crippen molar-refractivity contribution in [1.29, 1.82) is 0 Å². The second kappa shape index (κ2) is 8.06. The summed E-state index contributed by atoms with van der Waals surface area (Å²) in [6.07, 6.45) is 1.08. The quantitative estimate of drug-likeness (QED) is 0.454. The molecule has 0 saturated heterocycles. The Morgan fingerprint density at radius 1 is 1.04 bits per heavy atom. The van der Waals surface area contributed by atoms with Crippen molar-refractivity contribution in [3.05, 3.63) is 70.3 Å². The lowest BCUT2D eigenvalue weighted by Gasteiger charge is -2.23. The van der Waals surface area contributed by atoms with Crippen LogP contribution in [0.2, 0.25) is 0 Å². The molecule has 0 aromatic heterocycles. The fourth-order valence-electron chi connectivity index (χ4n) is 3.28. The van der Waals surface area contributed by atoms with E-state index >= 15 is 0 Å². The molecule has 0 radical (unpaired) electrons. The van der Waals surface area contributed by atoms with Gasteiger partial charge in [0.15, 0.2) is 14.2 Å². The summed E-state index contributed by atoms with van der Waals surface area (Å²) in [6.45, 7) is 10.6. The van der Waals surface area contributed by atoms with Crippen molar-refractivity contribution in [2.45, 2.75) is 52.4 Å². The van der Waals surface area contributed by atoms with Gasteiger partial charge >= 0.3 is 0 Å². The lowest BCUT2D eigenvalue weighted by molar-refractivity contribution is 0.0956. The number of aryl methyl sites for hydroxylation is 2. The number of carbonyl (C=O) groups is 1. The SMILES string of the molecule is Cc1cc(C(C)(C)C)cc(C)c1C(=O)C(CCP=O)c1ccccc1. The van der Waals surface area contributed by atoms with E-state index in [9.17, 15) is 9.36 Å². The summed E-state index contributed by atoms with van der Waals surface area (Å²) >= 11 is 0. The molecule has 3 heteroatoms. The molecular formula is C22H27O2P. The zero-order valence-corrected chi connectivity index (χ0v) is 16.7. The standard InChI is InChI=1S/C22H27O2P/c1-15-13-18(22(3,4)5)14-16(2)20(15)21(23)19(11-12-25-24)17-9-7-6-8-10-17/h6-10,13-14,19H,11-12H2,1-5H3. The van der Waals surface area contributed by atoms with Crippen molar-refractivity contribution in [3.63, 3.8) is 0 Å². The molecule has 0 bridgehead atoms. The molecule has 25 heavy (non-hydrogen) atoms. The number of ketones is 1. The van der Waals surface area contributed by atoms with Crippen LogP contribution in [-0.2, 0) is 9.98 Å². The summed E-state index contributed by atoms with van der Waals surface area (Å²) in [5.74, 6) is -0.120. The van der Waals surface area contributed by atoms with E-state index in [-0.39, 0.29) is 25.6 Å². The highest BCUT2D eigenvalue weighted by Gasteiger charge is 2.26. The molecule has 1 unspecified atom stereocenters. The third-order valence-electron chi connectivity index (χ3n) is 4.67. The summed E-state index contributed by atoms with van der Waals surface area (Å²) in [4.78, 5) is 13.3. The minimum atomic E-state index is -0.250. The highest BCUT2D eigenvalue weighted by Crippen LogP contribution is 2.32. The number of hydrogen-bond acceptors (Lipinski definition) is 2. The Labute approximate surface area is 152 Å². The zero-order chi connectivity index (χ0) is 18.6. The maximum absolute atomic E-state index is 13.3. The Bertz CT molecular complexity index is 734. The molecule has 0 aliphatic rings. The molecule has 0 amide bonds. The minimum absolute atomic E-state index is 0.0529. The van der Waals surface area contributed by atoms with Crippen molar-refractivity contribution in [3.8, 4) is 0 Å². The van der Waals surface area contributed by atoms with Gasteiger partial charge in [-0.1, -0.05) is 63.2 Å². The van der Waals surface area contributed by atoms with E-state index in [1.807, 2.05) is 44.2 Å². The fourth-order valence-corrected chi connectivity index (χ4v) is 3.64. The average molecular weight is 354 g/mol. The van der Waals surface area contributed by atoms with Gasteiger partial charge in [-0.25, -0.2) is 0 Å². The Hall–Kier alpha value is -1.79. The van der Waals surface area contributed by atoms with Crippen LogP contribution >= 0.6 is 8.46 Å². The molecule has 0 aliphatic carbocycles. The van der Waals surface area contributed by atoms with E-state index in [1.54, 1.807) is 0 Å². The number of hydrogen-bond donors (Lipinski definition) is 0. The first-order valence-electron chi connectivity index (χ1n) is 8.75. The van der Waals surface area contributed by atoms with E-state index < -0.39 is 0 Å². The number of Topliss-reactive ketones (excluding diaryl/α,β-unsaturated/α-hetero) is 1. The molecule has 0 spiro atoms. The Kier molecular flexibility index (Phi) is 6.30. The maximum Gasteiger partial charge on any atom is 0.170 e. The lowest BCUT2D eigenvalue weighted by atomic mass is 9.80. The van der Waals surface area contributed by atoms with E-state index in [0.717, 1.165) is 22.3 Å². The number of carbonyl (C=O) groups excluding carboxylic acids is 1. The lowest BCUT2D eigenvalue weighted by Crippen LogP contribution is -2.18. The van der Waals surface area contributed by atoms with Crippen molar-refractivity contribution in [2.24, 2.45) is 0 Å². The molecule has 2 rings (SSSR count). The summed E-state index contributed by atoms with van der Waals surface area (Å²) in [5, 5.41) is 0. The van der Waals surface area contributed by atoms with Crippen LogP contribution in [-0.4, -0.2) is 11.9 Å². The summed E-state index contributed by atoms with van der Waals surface area (Å²) < 4.78 is 11.0. The largest absolute Gasteiger partial charge is 0.293 e. The summed E-state index contributed by atoms with van der Waals surface area (Å²) in [7, 11) is 0.0889. The van der Waals surface area contributed by atoms with Crippen LogP contribution < -0.4 is 0 Å². The predicted octanol–water partition coefficient (Wildman–Crippen LogP) is 6.25. The van der Waals surface area contributed by atoms with Crippen molar-refractivity contribution >= 4 is 14.2 Å². The van der Waals surface area contributed by atoms with E-state index in [1.165, 1.54) is 5.56 Å². The highest BCUT2D eigenvalue weighted by molar-refractivity contribution is 7.23. The topological polar surface area (TPSA) is 34.1 Å². The van der Waals surface area contributed by atoms with E-state index in [0.29, 0.717) is 12.6 Å². The zero-order valence-electron chi connectivity index (χ0n) is 15.8. The third kappa shape index (κ3) is 4.64. The smallest absolute Gasteiger partial charge is 0.170 e. The first kappa shape index (κ1) is 19.5. The first-order chi connectivity index (χ1) is 11.8. The van der Waals surface area contributed by atoms with Gasteiger partial charge in [-0.15, -0.1) is 0 Å². The average Bonchev–Trinajstić information content (AvgIpc) is 2.54. The summed E-state index contributed by atoms with van der Waals surface area (Å²) in [5.41, 5.74) is 5.15. The van der Waals surface area contributed by atoms with Gasteiger partial charge < -0.3 is 0 Å². The molecule has 2 nitrogen and oxygen atoms in total. The first-order valence-corrected chi connectivity index (χ1v) is 9.75. The Morgan fingerprint density at radius 2 is 1.60 bits per heavy atom. The molecule has 0 fully saturated rings. The molecular weight excluding hydrogens is 327 g/mol. The second-order valence-corrected chi connectivity index (χ2v) is 8.41. The van der Waals surface area contributed by atoms with Gasteiger partial charge in [0.25, 0.3) is 0 Å². The molecule has 2 aromatic rings. The Balaban J connectivity index is 2.47. The van der Waals surface area contributed by atoms with Gasteiger partial charge in [0.2, 0.25) is 0 Å². The highest BCUT2D eigenvalue weighted by atomic mass is 31.1. The van der Waals surface area contributed by atoms with Crippen LogP contribution in [0, 0.1) is 13.8 Å². The summed E-state index contributed by atoms with van der Waals surface area (Å²) in [6, 6.07) is 14.1. The molecule has 1 atom stereocenters. The number of rotatable bonds is 6. The van der Waals surface area contributed by atoms with Crippen LogP contribution in [0.1, 0.15) is 65.7 Å². The molecule has 2 aromatic carbocycles. The third-order valence-corrected chi connectivity index (χ3v) is 5.11. The molecule has 132 valence electrons. The van der Waals surface area contributed by atoms with Gasteiger partial charge in [-0.3, -0.25) is 9.36 Å². The van der Waals surface area contributed by atoms with Gasteiger partial charge in [-0.05, 0) is 47.9 Å². The van der Waals surface area contributed by atoms with Crippen LogP contribution in [0.15, 0.2) is 42.5 Å². The molecule has 0 N–H and O–H groups in total. The van der Waals surface area contributed by atoms with Gasteiger partial charge in [0.1, 0.15) is 0 Å². The van der Waals surface area contributed by atoms with E-state index in [4.69, 9.17) is 0 Å². The number of benzene rings is 2. The van der Waals surface area contributed by atoms with Gasteiger partial charge in [0.05, 0.1) is 0 Å². The predicted molar refractivity (Wildman–Crippen MR) is 105 cm³/mol. The van der Waals surface area contributed by atoms with Crippen LogP contribution in [0.3, 0.4) is 0 Å². The Morgan fingerprint density at radius 3 is 2.08 bits per heavy atom. The van der Waals surface area contributed by atoms with Crippen molar-refractivity contribution in [1.82, 2.24) is 0 Å². The van der Waals surface area contributed by atoms with Gasteiger partial charge in [-0.2, -0.15) is 0 Å². The molecule has 0 saturated carbocycles. The van der Waals surface area contributed by atoms with Crippen molar-refractivity contribution in [2.75, 3.05) is 6.16 Å². The van der Waals surface area contributed by atoms with Crippen LogP contribution in [0.4, 0.5) is 0 Å². The minimum Gasteiger partial charge on any atom is -0.293 e. The normalized spacial score (nSPS) is 13.0. The van der Waals surface area contributed by atoms with Crippen molar-refractivity contribution < 1.29 is 9.36 Å². The maximum atomic E-state index is 13.3. The van der Waals surface area contributed by atoms with Gasteiger partial charge in [0, 0.05) is 17.6 Å². The van der Waals surface area contributed by atoms with Crippen LogP contribution in [0.25, 0.3) is 0 Å². The second-order valence-electron chi connectivity index (χ2n) is 7.70. The monoisotopic (exact) mass is 354 g/mol.